The number of ether oxygens (including phenoxy) is 2. The van der Waals surface area contributed by atoms with Gasteiger partial charge in [0.05, 0.1) is 26.4 Å². The molecule has 1 aromatic rings. The molecule has 0 fully saturated rings. The van der Waals surface area contributed by atoms with Crippen LogP contribution in [0.5, 0.6) is 0 Å². The molecule has 1 aromatic carbocycles. The summed E-state index contributed by atoms with van der Waals surface area (Å²) in [4.78, 5) is 2.19. The maximum absolute atomic E-state index is 6.04. The fourth-order valence-electron chi connectivity index (χ4n) is 1.73. The van der Waals surface area contributed by atoms with Crippen LogP contribution in [-0.2, 0) is 9.47 Å². The number of rotatable bonds is 11. The zero-order valence-electron chi connectivity index (χ0n) is 11.8. The van der Waals surface area contributed by atoms with Crippen LogP contribution in [-0.4, -0.2) is 39.5 Å². The first-order valence-electron chi connectivity index (χ1n) is 6.65. The van der Waals surface area contributed by atoms with Crippen molar-refractivity contribution in [3.05, 3.63) is 54.6 Å². The molecule has 110 valence electrons. The molecule has 0 aliphatic heterocycles. The first-order chi connectivity index (χ1) is 9.77. The molecule has 0 N–H and O–H groups in total. The second-order valence-electron chi connectivity index (χ2n) is 4.19. The molecule has 0 aliphatic rings. The minimum atomic E-state index is 0.566. The fraction of sp³-hybridized carbons (Fsp3) is 0.375. The second-order valence-corrected chi connectivity index (χ2v) is 4.63. The van der Waals surface area contributed by atoms with E-state index in [-0.39, 0.29) is 0 Å². The Morgan fingerprint density at radius 2 is 1.65 bits per heavy atom. The summed E-state index contributed by atoms with van der Waals surface area (Å²) in [5.41, 5.74) is 1.07. The molecular weight excluding hydrogens is 274 g/mol. The van der Waals surface area contributed by atoms with Crippen LogP contribution >= 0.6 is 11.6 Å². The maximum Gasteiger partial charge on any atom is 0.0645 e. The average molecular weight is 296 g/mol. The third-order valence-corrected chi connectivity index (χ3v) is 2.89. The lowest BCUT2D eigenvalue weighted by Crippen LogP contribution is -2.31. The highest BCUT2D eigenvalue weighted by Gasteiger charge is 2.06. The van der Waals surface area contributed by atoms with E-state index in [0.29, 0.717) is 26.4 Å². The van der Waals surface area contributed by atoms with Crippen molar-refractivity contribution in [2.45, 2.75) is 0 Å². The normalized spacial score (nSPS) is 10.2. The van der Waals surface area contributed by atoms with Crippen molar-refractivity contribution >= 4 is 17.3 Å². The molecule has 1 rings (SSSR count). The number of hydrogen-bond acceptors (Lipinski definition) is 3. The molecule has 0 atom stereocenters. The van der Waals surface area contributed by atoms with Gasteiger partial charge in [0.1, 0.15) is 0 Å². The van der Waals surface area contributed by atoms with Crippen LogP contribution in [0.15, 0.2) is 49.6 Å². The highest BCUT2D eigenvalue weighted by atomic mass is 35.5. The van der Waals surface area contributed by atoms with Crippen LogP contribution in [0.2, 0.25) is 5.02 Å². The van der Waals surface area contributed by atoms with Gasteiger partial charge in [0.15, 0.2) is 0 Å². The number of nitrogens with zero attached hydrogens (tertiary/aromatic N) is 1. The van der Waals surface area contributed by atoms with Crippen LogP contribution in [0.1, 0.15) is 0 Å². The van der Waals surface area contributed by atoms with Crippen molar-refractivity contribution < 1.29 is 9.47 Å². The fourth-order valence-corrected chi connectivity index (χ4v) is 1.91. The Hall–Kier alpha value is -1.29. The number of halogens is 1. The van der Waals surface area contributed by atoms with Gasteiger partial charge in [-0.25, -0.2) is 0 Å². The molecule has 0 heterocycles. The van der Waals surface area contributed by atoms with Gasteiger partial charge >= 0.3 is 0 Å². The van der Waals surface area contributed by atoms with Crippen molar-refractivity contribution in [2.75, 3.05) is 44.4 Å². The highest BCUT2D eigenvalue weighted by Crippen LogP contribution is 2.19. The van der Waals surface area contributed by atoms with Crippen LogP contribution in [0.4, 0.5) is 5.69 Å². The number of benzene rings is 1. The summed E-state index contributed by atoms with van der Waals surface area (Å²) in [5, 5.41) is 0.728. The summed E-state index contributed by atoms with van der Waals surface area (Å²) >= 11 is 6.04. The molecular formula is C16H22ClNO2. The Balaban J connectivity index is 2.53. The largest absolute Gasteiger partial charge is 0.376 e. The Morgan fingerprint density at radius 3 is 2.15 bits per heavy atom. The Labute approximate surface area is 126 Å². The van der Waals surface area contributed by atoms with Crippen LogP contribution < -0.4 is 4.90 Å². The number of anilines is 1. The minimum absolute atomic E-state index is 0.566. The Bertz CT molecular complexity index is 393. The topological polar surface area (TPSA) is 21.7 Å². The standard InChI is InChI=1S/C16H22ClNO2/c1-3-10-19-12-8-18(9-13-20-11-4-2)16-7-5-6-15(17)14-16/h3-7,14H,1-2,8-13H2. The van der Waals surface area contributed by atoms with Gasteiger partial charge in [0.25, 0.3) is 0 Å². The van der Waals surface area contributed by atoms with E-state index >= 15 is 0 Å². The van der Waals surface area contributed by atoms with E-state index in [0.717, 1.165) is 23.8 Å². The first-order valence-corrected chi connectivity index (χ1v) is 7.03. The minimum Gasteiger partial charge on any atom is -0.376 e. The van der Waals surface area contributed by atoms with E-state index in [1.54, 1.807) is 12.2 Å². The molecule has 0 aromatic heterocycles. The Morgan fingerprint density at radius 1 is 1.05 bits per heavy atom. The third kappa shape index (κ3) is 6.75. The summed E-state index contributed by atoms with van der Waals surface area (Å²) in [6, 6.07) is 7.79. The summed E-state index contributed by atoms with van der Waals surface area (Å²) in [7, 11) is 0. The van der Waals surface area contributed by atoms with Crippen molar-refractivity contribution in [2.24, 2.45) is 0 Å². The molecule has 0 saturated heterocycles. The van der Waals surface area contributed by atoms with Crippen molar-refractivity contribution in [3.63, 3.8) is 0 Å². The van der Waals surface area contributed by atoms with Crippen molar-refractivity contribution in [1.29, 1.82) is 0 Å². The quantitative estimate of drug-likeness (QED) is 0.460. The molecule has 0 amide bonds. The smallest absolute Gasteiger partial charge is 0.0645 e. The predicted molar refractivity (Wildman–Crippen MR) is 85.7 cm³/mol. The van der Waals surface area contributed by atoms with E-state index in [1.807, 2.05) is 24.3 Å². The summed E-state index contributed by atoms with van der Waals surface area (Å²) in [5.74, 6) is 0. The zero-order valence-corrected chi connectivity index (χ0v) is 12.5. The van der Waals surface area contributed by atoms with Gasteiger partial charge in [0, 0.05) is 23.8 Å². The van der Waals surface area contributed by atoms with Gasteiger partial charge in [-0.05, 0) is 18.2 Å². The summed E-state index contributed by atoms with van der Waals surface area (Å²) in [6.45, 7) is 11.2. The Kier molecular flexibility index (Phi) is 8.79. The molecule has 0 spiro atoms. The molecule has 20 heavy (non-hydrogen) atoms. The third-order valence-electron chi connectivity index (χ3n) is 2.66. The summed E-state index contributed by atoms with van der Waals surface area (Å²) in [6.07, 6.45) is 3.49. The molecule has 4 heteroatoms. The van der Waals surface area contributed by atoms with Crippen LogP contribution in [0, 0.1) is 0 Å². The maximum atomic E-state index is 6.04. The average Bonchev–Trinajstić information content (AvgIpc) is 2.45. The monoisotopic (exact) mass is 295 g/mol. The summed E-state index contributed by atoms with van der Waals surface area (Å²) < 4.78 is 10.9. The SMILES string of the molecule is C=CCOCCN(CCOCC=C)c1cccc(Cl)c1. The lowest BCUT2D eigenvalue weighted by Gasteiger charge is -2.24. The first kappa shape index (κ1) is 16.8. The molecule has 3 nitrogen and oxygen atoms in total. The molecule has 0 bridgehead atoms. The zero-order chi connectivity index (χ0) is 14.6. The van der Waals surface area contributed by atoms with Gasteiger partial charge in [-0.15, -0.1) is 13.2 Å². The van der Waals surface area contributed by atoms with Crippen molar-refractivity contribution in [1.82, 2.24) is 0 Å². The second kappa shape index (κ2) is 10.5. The van der Waals surface area contributed by atoms with E-state index in [2.05, 4.69) is 18.1 Å². The van der Waals surface area contributed by atoms with Gasteiger partial charge in [0.2, 0.25) is 0 Å². The van der Waals surface area contributed by atoms with E-state index in [1.165, 1.54) is 0 Å². The van der Waals surface area contributed by atoms with Crippen molar-refractivity contribution in [3.8, 4) is 0 Å². The lowest BCUT2D eigenvalue weighted by atomic mass is 10.3. The van der Waals surface area contributed by atoms with E-state index in [9.17, 15) is 0 Å². The van der Waals surface area contributed by atoms with Gasteiger partial charge in [-0.1, -0.05) is 29.8 Å². The molecule has 0 radical (unpaired) electrons. The van der Waals surface area contributed by atoms with E-state index in [4.69, 9.17) is 21.1 Å². The highest BCUT2D eigenvalue weighted by molar-refractivity contribution is 6.30. The lowest BCUT2D eigenvalue weighted by molar-refractivity contribution is 0.155. The van der Waals surface area contributed by atoms with E-state index < -0.39 is 0 Å². The van der Waals surface area contributed by atoms with Crippen LogP contribution in [0.3, 0.4) is 0 Å². The number of hydrogen-bond donors (Lipinski definition) is 0. The molecule has 0 aliphatic carbocycles. The van der Waals surface area contributed by atoms with Gasteiger partial charge in [-0.2, -0.15) is 0 Å². The van der Waals surface area contributed by atoms with Gasteiger partial charge in [-0.3, -0.25) is 0 Å². The predicted octanol–water partition coefficient (Wildman–Crippen LogP) is 3.55. The molecule has 0 unspecified atom stereocenters. The van der Waals surface area contributed by atoms with Gasteiger partial charge < -0.3 is 14.4 Å². The molecule has 0 saturated carbocycles. The van der Waals surface area contributed by atoms with Crippen LogP contribution in [0.25, 0.3) is 0 Å².